The van der Waals surface area contributed by atoms with Crippen molar-refractivity contribution in [2.45, 2.75) is 26.3 Å². The normalized spacial score (nSPS) is 10.7. The average molecular weight is 282 g/mol. The van der Waals surface area contributed by atoms with Crippen molar-refractivity contribution < 1.29 is 0 Å². The van der Waals surface area contributed by atoms with Gasteiger partial charge in [-0.3, -0.25) is 9.48 Å². The van der Waals surface area contributed by atoms with Crippen LogP contribution in [0.25, 0.3) is 0 Å². The van der Waals surface area contributed by atoms with Crippen LogP contribution in [-0.4, -0.2) is 19.6 Å². The lowest BCUT2D eigenvalue weighted by atomic mass is 10.3. The van der Waals surface area contributed by atoms with E-state index >= 15 is 0 Å². The number of hydrogen-bond donors (Lipinski definition) is 1. The topological polar surface area (TPSA) is 64.7 Å². The van der Waals surface area contributed by atoms with E-state index in [1.165, 1.54) is 4.68 Å². The molecular weight excluding hydrogens is 266 g/mol. The Hall–Kier alpha value is -1.82. The number of halogens is 1. The second-order valence-corrected chi connectivity index (χ2v) is 4.63. The molecule has 2 aromatic rings. The summed E-state index contributed by atoms with van der Waals surface area (Å²) in [6.45, 7) is 2.64. The van der Waals surface area contributed by atoms with Crippen molar-refractivity contribution >= 4 is 23.1 Å². The molecule has 6 nitrogen and oxygen atoms in total. The second kappa shape index (κ2) is 5.88. The fourth-order valence-electron chi connectivity index (χ4n) is 1.64. The standard InChI is InChI=1S/C12H16ClN5O/c1-3-4-6-18-12(19)11(13)9(8-14-18)15-10-5-7-17(2)16-10/h5,7-8H,3-4,6H2,1-2H3,(H,15,16). The molecule has 102 valence electrons. The zero-order valence-corrected chi connectivity index (χ0v) is 11.7. The van der Waals surface area contributed by atoms with Gasteiger partial charge in [0.05, 0.1) is 11.9 Å². The molecule has 0 radical (unpaired) electrons. The largest absolute Gasteiger partial charge is 0.336 e. The number of rotatable bonds is 5. The minimum Gasteiger partial charge on any atom is -0.336 e. The third-order valence-electron chi connectivity index (χ3n) is 2.68. The Bertz CT molecular complexity index is 619. The molecule has 1 N–H and O–H groups in total. The van der Waals surface area contributed by atoms with E-state index in [0.717, 1.165) is 12.8 Å². The molecule has 0 amide bonds. The molecule has 2 heterocycles. The molecule has 2 aromatic heterocycles. The summed E-state index contributed by atoms with van der Waals surface area (Å²) < 4.78 is 3.04. The highest BCUT2D eigenvalue weighted by atomic mass is 35.5. The molecule has 0 fully saturated rings. The molecule has 0 saturated carbocycles. The number of hydrogen-bond acceptors (Lipinski definition) is 4. The molecule has 0 spiro atoms. The van der Waals surface area contributed by atoms with Crippen LogP contribution in [0.15, 0.2) is 23.3 Å². The van der Waals surface area contributed by atoms with Crippen LogP contribution in [-0.2, 0) is 13.6 Å². The molecule has 0 atom stereocenters. The number of aryl methyl sites for hydroxylation is 2. The van der Waals surface area contributed by atoms with Gasteiger partial charge < -0.3 is 5.32 Å². The van der Waals surface area contributed by atoms with E-state index in [0.29, 0.717) is 18.1 Å². The van der Waals surface area contributed by atoms with Gasteiger partial charge in [-0.2, -0.15) is 10.2 Å². The van der Waals surface area contributed by atoms with Crippen molar-refractivity contribution in [3.05, 3.63) is 33.8 Å². The van der Waals surface area contributed by atoms with Crippen LogP contribution < -0.4 is 10.9 Å². The van der Waals surface area contributed by atoms with Gasteiger partial charge in [0.1, 0.15) is 5.02 Å². The fourth-order valence-corrected chi connectivity index (χ4v) is 1.83. The first-order valence-electron chi connectivity index (χ1n) is 6.14. The summed E-state index contributed by atoms with van der Waals surface area (Å²) in [6, 6.07) is 1.79. The maximum atomic E-state index is 12.0. The van der Waals surface area contributed by atoms with Crippen molar-refractivity contribution in [2.24, 2.45) is 7.05 Å². The quantitative estimate of drug-likeness (QED) is 0.912. The predicted molar refractivity (Wildman–Crippen MR) is 74.9 cm³/mol. The minimum atomic E-state index is -0.281. The van der Waals surface area contributed by atoms with Gasteiger partial charge in [0.15, 0.2) is 5.82 Å². The number of aromatic nitrogens is 4. The summed E-state index contributed by atoms with van der Waals surface area (Å²) in [6.07, 6.45) is 5.25. The van der Waals surface area contributed by atoms with Gasteiger partial charge in [-0.25, -0.2) is 4.68 Å². The molecule has 2 rings (SSSR count). The first-order chi connectivity index (χ1) is 9.11. The molecule has 0 bridgehead atoms. The Balaban J connectivity index is 2.23. The zero-order chi connectivity index (χ0) is 13.8. The van der Waals surface area contributed by atoms with E-state index in [1.807, 2.05) is 7.05 Å². The van der Waals surface area contributed by atoms with Crippen LogP contribution in [0.5, 0.6) is 0 Å². The van der Waals surface area contributed by atoms with Crippen LogP contribution in [0.2, 0.25) is 5.02 Å². The van der Waals surface area contributed by atoms with Crippen LogP contribution in [0.4, 0.5) is 11.5 Å². The first kappa shape index (κ1) is 13.6. The number of nitrogens with zero attached hydrogens (tertiary/aromatic N) is 4. The van der Waals surface area contributed by atoms with Crippen LogP contribution in [0.1, 0.15) is 19.8 Å². The van der Waals surface area contributed by atoms with Crippen molar-refractivity contribution in [1.29, 1.82) is 0 Å². The first-order valence-corrected chi connectivity index (χ1v) is 6.52. The monoisotopic (exact) mass is 281 g/mol. The summed E-state index contributed by atoms with van der Waals surface area (Å²) in [5.41, 5.74) is 0.189. The SMILES string of the molecule is CCCCn1ncc(Nc2ccn(C)n2)c(Cl)c1=O. The number of anilines is 2. The fraction of sp³-hybridized carbons (Fsp3) is 0.417. The van der Waals surface area contributed by atoms with Gasteiger partial charge in [0.25, 0.3) is 5.56 Å². The lowest BCUT2D eigenvalue weighted by Gasteiger charge is -2.08. The van der Waals surface area contributed by atoms with E-state index in [1.54, 1.807) is 23.1 Å². The highest BCUT2D eigenvalue weighted by Gasteiger charge is 2.10. The zero-order valence-electron chi connectivity index (χ0n) is 10.9. The number of unbranched alkanes of at least 4 members (excludes halogenated alkanes) is 1. The molecule has 0 unspecified atom stereocenters. The van der Waals surface area contributed by atoms with Crippen molar-refractivity contribution in [3.63, 3.8) is 0 Å². The molecular formula is C12H16ClN5O. The van der Waals surface area contributed by atoms with E-state index < -0.39 is 0 Å². The molecule has 0 aliphatic heterocycles. The summed E-state index contributed by atoms with van der Waals surface area (Å²) >= 11 is 6.06. The van der Waals surface area contributed by atoms with Gasteiger partial charge >= 0.3 is 0 Å². The highest BCUT2D eigenvalue weighted by molar-refractivity contribution is 6.33. The van der Waals surface area contributed by atoms with Gasteiger partial charge in [0.2, 0.25) is 0 Å². The summed E-state index contributed by atoms with van der Waals surface area (Å²) in [4.78, 5) is 12.0. The van der Waals surface area contributed by atoms with Crippen molar-refractivity contribution in [2.75, 3.05) is 5.32 Å². The van der Waals surface area contributed by atoms with Crippen LogP contribution in [0, 0.1) is 0 Å². The maximum absolute atomic E-state index is 12.0. The van der Waals surface area contributed by atoms with Crippen molar-refractivity contribution in [1.82, 2.24) is 19.6 Å². The van der Waals surface area contributed by atoms with Gasteiger partial charge in [-0.1, -0.05) is 24.9 Å². The molecule has 0 aliphatic rings. The minimum absolute atomic E-state index is 0.136. The molecule has 0 aromatic carbocycles. The summed E-state index contributed by atoms with van der Waals surface area (Å²) in [5, 5.41) is 11.4. The van der Waals surface area contributed by atoms with E-state index in [4.69, 9.17) is 11.6 Å². The van der Waals surface area contributed by atoms with Gasteiger partial charge in [-0.05, 0) is 6.42 Å². The second-order valence-electron chi connectivity index (χ2n) is 4.25. The van der Waals surface area contributed by atoms with Crippen LogP contribution in [0.3, 0.4) is 0 Å². The third kappa shape index (κ3) is 3.14. The highest BCUT2D eigenvalue weighted by Crippen LogP contribution is 2.19. The molecule has 7 heteroatoms. The predicted octanol–water partition coefficient (Wildman–Crippen LogP) is 2.17. The Labute approximate surface area is 116 Å². The van der Waals surface area contributed by atoms with E-state index in [2.05, 4.69) is 22.4 Å². The third-order valence-corrected chi connectivity index (χ3v) is 3.05. The average Bonchev–Trinajstić information content (AvgIpc) is 2.80. The van der Waals surface area contributed by atoms with E-state index in [-0.39, 0.29) is 10.6 Å². The Morgan fingerprint density at radius 3 is 2.89 bits per heavy atom. The molecule has 0 aliphatic carbocycles. The Morgan fingerprint density at radius 2 is 2.26 bits per heavy atom. The summed E-state index contributed by atoms with van der Waals surface area (Å²) in [5.74, 6) is 0.622. The van der Waals surface area contributed by atoms with Gasteiger partial charge in [-0.15, -0.1) is 0 Å². The number of nitrogens with one attached hydrogen (secondary N) is 1. The lowest BCUT2D eigenvalue weighted by Crippen LogP contribution is -2.24. The molecule has 0 saturated heterocycles. The van der Waals surface area contributed by atoms with Gasteiger partial charge in [0, 0.05) is 25.9 Å². The lowest BCUT2D eigenvalue weighted by molar-refractivity contribution is 0.543. The Kier molecular flexibility index (Phi) is 4.21. The maximum Gasteiger partial charge on any atom is 0.287 e. The Morgan fingerprint density at radius 1 is 1.47 bits per heavy atom. The summed E-state index contributed by atoms with van der Waals surface area (Å²) in [7, 11) is 1.81. The van der Waals surface area contributed by atoms with E-state index in [9.17, 15) is 4.79 Å². The molecule has 19 heavy (non-hydrogen) atoms. The van der Waals surface area contributed by atoms with Crippen LogP contribution >= 0.6 is 11.6 Å². The smallest absolute Gasteiger partial charge is 0.287 e. The van der Waals surface area contributed by atoms with Crippen molar-refractivity contribution in [3.8, 4) is 0 Å².